The van der Waals surface area contributed by atoms with Gasteiger partial charge in [0.1, 0.15) is 5.82 Å². The van der Waals surface area contributed by atoms with E-state index in [1.165, 1.54) is 0 Å². The summed E-state index contributed by atoms with van der Waals surface area (Å²) in [5.74, 6) is 1.46. The van der Waals surface area contributed by atoms with E-state index in [0.29, 0.717) is 0 Å². The van der Waals surface area contributed by atoms with E-state index in [-0.39, 0.29) is 0 Å². The van der Waals surface area contributed by atoms with Crippen molar-refractivity contribution in [2.24, 2.45) is 0 Å². The third kappa shape index (κ3) is 4.60. The zero-order valence-electron chi connectivity index (χ0n) is 9.91. The Hall–Kier alpha value is -1.38. The maximum Gasteiger partial charge on any atom is 0.154 e. The summed E-state index contributed by atoms with van der Waals surface area (Å²) >= 11 is 0. The summed E-state index contributed by atoms with van der Waals surface area (Å²) in [6, 6.07) is 0. The van der Waals surface area contributed by atoms with Crippen LogP contribution in [0.1, 0.15) is 39.3 Å². The Morgan fingerprint density at radius 1 is 1.14 bits per heavy atom. The Balaban J connectivity index is 0. The van der Waals surface area contributed by atoms with Crippen molar-refractivity contribution in [2.45, 2.75) is 34.6 Å². The highest BCUT2D eigenvalue weighted by atomic mass is 15.3. The van der Waals surface area contributed by atoms with Crippen molar-refractivity contribution in [1.29, 1.82) is 0 Å². The van der Waals surface area contributed by atoms with Crippen molar-refractivity contribution >= 4 is 12.3 Å². The van der Waals surface area contributed by atoms with Crippen LogP contribution in [0.2, 0.25) is 0 Å². The van der Waals surface area contributed by atoms with Gasteiger partial charge in [0.25, 0.3) is 0 Å². The fraction of sp³-hybridized carbons (Fsp3) is 0.455. The van der Waals surface area contributed by atoms with Crippen LogP contribution in [0.25, 0.3) is 12.3 Å². The first-order chi connectivity index (χ1) is 6.77. The van der Waals surface area contributed by atoms with Crippen molar-refractivity contribution in [3.05, 3.63) is 24.8 Å². The average molecular weight is 195 g/mol. The van der Waals surface area contributed by atoms with E-state index in [2.05, 4.69) is 23.2 Å². The summed E-state index contributed by atoms with van der Waals surface area (Å²) in [5, 5.41) is 4.02. The number of hydrogen-bond acceptors (Lipinski definition) is 2. The maximum atomic E-state index is 4.06. The molecule has 0 amide bonds. The summed E-state index contributed by atoms with van der Waals surface area (Å²) in [6.07, 6.45) is 3.23. The second kappa shape index (κ2) is 9.71. The highest BCUT2D eigenvalue weighted by molar-refractivity contribution is 5.40. The first kappa shape index (κ1) is 15.1. The van der Waals surface area contributed by atoms with Crippen molar-refractivity contribution in [1.82, 2.24) is 14.8 Å². The van der Waals surface area contributed by atoms with Gasteiger partial charge in [-0.25, -0.2) is 9.67 Å². The molecule has 1 aromatic heterocycles. The van der Waals surface area contributed by atoms with Crippen LogP contribution in [0.3, 0.4) is 0 Å². The predicted molar refractivity (Wildman–Crippen MR) is 63.9 cm³/mol. The Bertz CT molecular complexity index is 236. The molecule has 1 aromatic rings. The van der Waals surface area contributed by atoms with Crippen molar-refractivity contribution in [2.75, 3.05) is 0 Å². The minimum absolute atomic E-state index is 0.729. The van der Waals surface area contributed by atoms with Gasteiger partial charge in [-0.2, -0.15) is 5.10 Å². The highest BCUT2D eigenvalue weighted by Gasteiger charge is 1.97. The summed E-state index contributed by atoms with van der Waals surface area (Å²) in [7, 11) is 0. The zero-order valence-corrected chi connectivity index (χ0v) is 9.91. The van der Waals surface area contributed by atoms with Crippen molar-refractivity contribution < 1.29 is 0 Å². The van der Waals surface area contributed by atoms with Crippen LogP contribution in [-0.2, 0) is 0 Å². The van der Waals surface area contributed by atoms with Crippen molar-refractivity contribution in [3.8, 4) is 0 Å². The number of hydrogen-bond donors (Lipinski definition) is 0. The molecule has 0 bridgehead atoms. The summed E-state index contributed by atoms with van der Waals surface area (Å²) in [4.78, 5) is 4.06. The Kier molecular flexibility index (Phi) is 10.5. The van der Waals surface area contributed by atoms with E-state index in [1.54, 1.807) is 17.0 Å². The lowest BCUT2D eigenvalue weighted by molar-refractivity contribution is 0.905. The molecule has 14 heavy (non-hydrogen) atoms. The number of nitrogens with zero attached hydrogens (tertiary/aromatic N) is 3. The van der Waals surface area contributed by atoms with Crippen LogP contribution >= 0.6 is 0 Å². The lowest BCUT2D eigenvalue weighted by Crippen LogP contribution is -1.90. The monoisotopic (exact) mass is 195 g/mol. The minimum atomic E-state index is 0.729. The van der Waals surface area contributed by atoms with Gasteiger partial charge in [0.2, 0.25) is 0 Å². The van der Waals surface area contributed by atoms with Crippen LogP contribution in [0.4, 0.5) is 0 Å². The average Bonchev–Trinajstić information content (AvgIpc) is 2.64. The van der Waals surface area contributed by atoms with Gasteiger partial charge in [0.05, 0.1) is 0 Å². The van der Waals surface area contributed by atoms with Gasteiger partial charge in [0, 0.05) is 6.20 Å². The second-order valence-corrected chi connectivity index (χ2v) is 1.85. The van der Waals surface area contributed by atoms with Crippen LogP contribution in [0.15, 0.2) is 13.2 Å². The lowest BCUT2D eigenvalue weighted by atomic mass is 10.6. The summed E-state index contributed by atoms with van der Waals surface area (Å²) in [5.41, 5.74) is 0. The molecule has 0 aliphatic rings. The first-order valence-electron chi connectivity index (χ1n) is 4.96. The molecular weight excluding hydrogens is 174 g/mol. The van der Waals surface area contributed by atoms with Crippen LogP contribution in [0, 0.1) is 6.92 Å². The molecule has 80 valence electrons. The second-order valence-electron chi connectivity index (χ2n) is 1.85. The lowest BCUT2D eigenvalue weighted by Gasteiger charge is -1.88. The standard InChI is InChI=1S/C7H9N3.2C2H6/c1-4-7-8-6(3)9-10(7)5-2;2*1-2/h4-5H,1-2H2,3H3;2*1-2H3. The van der Waals surface area contributed by atoms with Gasteiger partial charge < -0.3 is 0 Å². The SMILES string of the molecule is C=Cc1nc(C)nn1C=C.CC.CC. The van der Waals surface area contributed by atoms with Crippen molar-refractivity contribution in [3.63, 3.8) is 0 Å². The number of aromatic nitrogens is 3. The topological polar surface area (TPSA) is 30.7 Å². The minimum Gasteiger partial charge on any atom is -0.222 e. The molecule has 1 heterocycles. The molecule has 0 radical (unpaired) electrons. The molecule has 0 N–H and O–H groups in total. The molecule has 0 saturated carbocycles. The van der Waals surface area contributed by atoms with E-state index in [9.17, 15) is 0 Å². The number of aryl methyl sites for hydroxylation is 1. The van der Waals surface area contributed by atoms with Crippen LogP contribution in [-0.4, -0.2) is 14.8 Å². The van der Waals surface area contributed by atoms with E-state index in [1.807, 2.05) is 34.6 Å². The molecule has 0 fully saturated rings. The van der Waals surface area contributed by atoms with Gasteiger partial charge in [-0.1, -0.05) is 40.9 Å². The Morgan fingerprint density at radius 2 is 1.64 bits per heavy atom. The zero-order chi connectivity index (χ0) is 11.6. The quantitative estimate of drug-likeness (QED) is 0.724. The van der Waals surface area contributed by atoms with Gasteiger partial charge in [-0.15, -0.1) is 0 Å². The molecule has 0 aromatic carbocycles. The van der Waals surface area contributed by atoms with E-state index < -0.39 is 0 Å². The fourth-order valence-corrected chi connectivity index (χ4v) is 0.720. The highest BCUT2D eigenvalue weighted by Crippen LogP contribution is 1.98. The van der Waals surface area contributed by atoms with Gasteiger partial charge in [0.15, 0.2) is 5.82 Å². The van der Waals surface area contributed by atoms with E-state index >= 15 is 0 Å². The number of rotatable bonds is 2. The predicted octanol–water partition coefficient (Wildman–Crippen LogP) is 3.38. The third-order valence-corrected chi connectivity index (χ3v) is 1.12. The van der Waals surface area contributed by atoms with E-state index in [4.69, 9.17) is 0 Å². The summed E-state index contributed by atoms with van der Waals surface area (Å²) < 4.78 is 1.59. The molecule has 3 heteroatoms. The van der Waals surface area contributed by atoms with Gasteiger partial charge >= 0.3 is 0 Å². The molecule has 0 atom stereocenters. The van der Waals surface area contributed by atoms with Crippen LogP contribution < -0.4 is 0 Å². The fourth-order valence-electron chi connectivity index (χ4n) is 0.720. The first-order valence-corrected chi connectivity index (χ1v) is 4.96. The molecule has 0 spiro atoms. The molecule has 3 nitrogen and oxygen atoms in total. The van der Waals surface area contributed by atoms with E-state index in [0.717, 1.165) is 11.6 Å². The van der Waals surface area contributed by atoms with Gasteiger partial charge in [-0.3, -0.25) is 0 Å². The Morgan fingerprint density at radius 3 is 1.93 bits per heavy atom. The maximum absolute atomic E-state index is 4.06. The van der Waals surface area contributed by atoms with Gasteiger partial charge in [-0.05, 0) is 13.0 Å². The molecule has 0 aliphatic carbocycles. The molecule has 0 saturated heterocycles. The largest absolute Gasteiger partial charge is 0.222 e. The Labute approximate surface area is 87.2 Å². The molecule has 1 rings (SSSR count). The molecule has 0 unspecified atom stereocenters. The smallest absolute Gasteiger partial charge is 0.154 e. The normalized spacial score (nSPS) is 7.50. The molecule has 0 aliphatic heterocycles. The molecular formula is C11H21N3. The summed E-state index contributed by atoms with van der Waals surface area (Å²) in [6.45, 7) is 17.0. The third-order valence-electron chi connectivity index (χ3n) is 1.12. The van der Waals surface area contributed by atoms with Crippen LogP contribution in [0.5, 0.6) is 0 Å².